The largest absolute Gasteiger partial charge is 0.355 e. The molecule has 4 atom stereocenters. The highest BCUT2D eigenvalue weighted by Gasteiger charge is 2.54. The summed E-state index contributed by atoms with van der Waals surface area (Å²) in [6.45, 7) is 2.67. The number of fused-ring (bicyclic) bond motifs is 2. The number of carbonyl (C=O) groups is 2. The molecule has 0 aromatic carbocycles. The molecule has 4 heteroatoms. The highest BCUT2D eigenvalue weighted by atomic mass is 16.2. The Morgan fingerprint density at radius 2 is 1.59 bits per heavy atom. The van der Waals surface area contributed by atoms with Gasteiger partial charge in [-0.1, -0.05) is 6.42 Å². The number of carbonyl (C=O) groups excluding carboxylic acids is 2. The van der Waals surface area contributed by atoms with Gasteiger partial charge in [0.2, 0.25) is 11.8 Å². The van der Waals surface area contributed by atoms with Crippen molar-refractivity contribution in [2.24, 2.45) is 40.9 Å². The highest BCUT2D eigenvalue weighted by Crippen LogP contribution is 2.60. The molecular weight excluding hydrogens is 336 g/mol. The Balaban J connectivity index is 1.07. The third-order valence-electron chi connectivity index (χ3n) is 8.98. The van der Waals surface area contributed by atoms with Crippen LogP contribution in [0.25, 0.3) is 0 Å². The van der Waals surface area contributed by atoms with Crippen molar-refractivity contribution in [3.8, 4) is 0 Å². The Hall–Kier alpha value is -1.06. The fraction of sp³-hybridized carbons (Fsp3) is 0.913. The number of rotatable bonds is 6. The molecule has 0 aliphatic heterocycles. The van der Waals surface area contributed by atoms with E-state index >= 15 is 0 Å². The van der Waals surface area contributed by atoms with Crippen LogP contribution in [-0.2, 0) is 9.59 Å². The Kier molecular flexibility index (Phi) is 4.52. The Bertz CT molecular complexity index is 580. The summed E-state index contributed by atoms with van der Waals surface area (Å²) in [6.07, 6.45) is 13.2. The van der Waals surface area contributed by atoms with E-state index in [4.69, 9.17) is 0 Å². The van der Waals surface area contributed by atoms with Crippen LogP contribution in [-0.4, -0.2) is 24.4 Å². The van der Waals surface area contributed by atoms with E-state index in [-0.39, 0.29) is 23.3 Å². The zero-order valence-corrected chi connectivity index (χ0v) is 16.8. The van der Waals surface area contributed by atoms with E-state index in [0.717, 1.165) is 48.9 Å². The third kappa shape index (κ3) is 3.31. The van der Waals surface area contributed by atoms with Crippen molar-refractivity contribution in [1.82, 2.24) is 10.6 Å². The fourth-order valence-corrected chi connectivity index (χ4v) is 8.21. The Labute approximate surface area is 163 Å². The summed E-state index contributed by atoms with van der Waals surface area (Å²) in [5.74, 6) is 5.13. The standard InChI is InChI=1S/C23H36N2O2/c1-14(20-10-15-2-3-19(20)9-15)25-21(26)4-5-24-22(27)23-11-16-6-17(12-23)8-18(7-16)13-23/h14-20H,2-13H2,1H3,(H,24,27)(H,25,26)/t14-,15-,16?,17?,18?,19-,20+,23?/m0/s1. The first-order chi connectivity index (χ1) is 13.0. The van der Waals surface area contributed by atoms with Crippen LogP contribution in [0, 0.1) is 40.9 Å². The average Bonchev–Trinajstić information content (AvgIpc) is 3.23. The molecule has 27 heavy (non-hydrogen) atoms. The summed E-state index contributed by atoms with van der Waals surface area (Å²) in [4.78, 5) is 25.3. The Morgan fingerprint density at radius 3 is 2.15 bits per heavy atom. The first-order valence-corrected chi connectivity index (χ1v) is 11.6. The molecule has 2 N–H and O–H groups in total. The van der Waals surface area contributed by atoms with Gasteiger partial charge in [0, 0.05) is 24.4 Å². The molecule has 0 unspecified atom stereocenters. The van der Waals surface area contributed by atoms with Gasteiger partial charge in [-0.2, -0.15) is 0 Å². The van der Waals surface area contributed by atoms with Crippen LogP contribution in [0.5, 0.6) is 0 Å². The second-order valence-electron chi connectivity index (χ2n) is 10.9. The maximum atomic E-state index is 13.0. The average molecular weight is 373 g/mol. The van der Waals surface area contributed by atoms with Crippen molar-refractivity contribution < 1.29 is 9.59 Å². The molecule has 6 aliphatic rings. The van der Waals surface area contributed by atoms with Gasteiger partial charge in [-0.15, -0.1) is 0 Å². The van der Waals surface area contributed by atoms with E-state index in [1.807, 2.05) is 0 Å². The molecule has 150 valence electrons. The predicted octanol–water partition coefficient (Wildman–Crippen LogP) is 3.65. The second kappa shape index (κ2) is 6.77. The van der Waals surface area contributed by atoms with Crippen molar-refractivity contribution in [3.63, 3.8) is 0 Å². The first-order valence-electron chi connectivity index (χ1n) is 11.6. The first kappa shape index (κ1) is 18.0. The molecule has 0 heterocycles. The zero-order chi connectivity index (χ0) is 18.6. The van der Waals surface area contributed by atoms with E-state index in [9.17, 15) is 9.59 Å². The minimum atomic E-state index is -0.0956. The molecule has 0 spiro atoms. The maximum Gasteiger partial charge on any atom is 0.226 e. The van der Waals surface area contributed by atoms with Crippen LogP contribution < -0.4 is 10.6 Å². The molecule has 6 fully saturated rings. The summed E-state index contributed by atoms with van der Waals surface area (Å²) in [6, 6.07) is 0.284. The van der Waals surface area contributed by atoms with E-state index in [0.29, 0.717) is 18.9 Å². The predicted molar refractivity (Wildman–Crippen MR) is 105 cm³/mol. The van der Waals surface area contributed by atoms with Crippen molar-refractivity contribution in [1.29, 1.82) is 0 Å². The summed E-state index contributed by atoms with van der Waals surface area (Å²) >= 11 is 0. The van der Waals surface area contributed by atoms with Crippen molar-refractivity contribution in [3.05, 3.63) is 0 Å². The van der Waals surface area contributed by atoms with E-state index in [2.05, 4.69) is 17.6 Å². The number of amides is 2. The zero-order valence-electron chi connectivity index (χ0n) is 16.8. The lowest BCUT2D eigenvalue weighted by molar-refractivity contribution is -0.146. The van der Waals surface area contributed by atoms with Gasteiger partial charge in [0.05, 0.1) is 0 Å². The molecule has 2 amide bonds. The minimum absolute atomic E-state index is 0.0956. The highest BCUT2D eigenvalue weighted by molar-refractivity contribution is 5.84. The van der Waals surface area contributed by atoms with Crippen LogP contribution in [0.15, 0.2) is 0 Å². The van der Waals surface area contributed by atoms with Gasteiger partial charge < -0.3 is 10.6 Å². The van der Waals surface area contributed by atoms with Crippen LogP contribution in [0.4, 0.5) is 0 Å². The number of nitrogens with one attached hydrogen (secondary N) is 2. The third-order valence-corrected chi connectivity index (χ3v) is 8.98. The summed E-state index contributed by atoms with van der Waals surface area (Å²) < 4.78 is 0. The molecule has 6 rings (SSSR count). The lowest BCUT2D eigenvalue weighted by Gasteiger charge is -2.55. The van der Waals surface area contributed by atoms with Crippen molar-refractivity contribution in [2.75, 3.05) is 6.54 Å². The molecule has 0 aromatic heterocycles. The number of hydrogen-bond acceptors (Lipinski definition) is 2. The SMILES string of the molecule is C[C@H](NC(=O)CCNC(=O)C12CC3CC(CC(C3)C1)C2)[C@H]1C[C@H]2CC[C@H]1C2. The normalized spacial score (nSPS) is 45.1. The molecular formula is C23H36N2O2. The van der Waals surface area contributed by atoms with Crippen molar-refractivity contribution >= 4 is 11.8 Å². The van der Waals surface area contributed by atoms with Crippen LogP contribution >= 0.6 is 0 Å². The quantitative estimate of drug-likeness (QED) is 0.748. The van der Waals surface area contributed by atoms with Gasteiger partial charge in [0.15, 0.2) is 0 Å². The molecule has 6 saturated carbocycles. The van der Waals surface area contributed by atoms with E-state index in [1.54, 1.807) is 0 Å². The molecule has 0 aromatic rings. The van der Waals surface area contributed by atoms with Crippen LogP contribution in [0.3, 0.4) is 0 Å². The molecule has 0 radical (unpaired) electrons. The molecule has 6 bridgehead atoms. The van der Waals surface area contributed by atoms with Crippen LogP contribution in [0.2, 0.25) is 0 Å². The van der Waals surface area contributed by atoms with E-state index in [1.165, 1.54) is 44.9 Å². The fourth-order valence-electron chi connectivity index (χ4n) is 8.21. The van der Waals surface area contributed by atoms with Gasteiger partial charge in [-0.3, -0.25) is 9.59 Å². The monoisotopic (exact) mass is 372 g/mol. The molecule has 0 saturated heterocycles. The maximum absolute atomic E-state index is 13.0. The van der Waals surface area contributed by atoms with Gasteiger partial charge in [-0.05, 0) is 100 Å². The summed E-state index contributed by atoms with van der Waals surface area (Å²) in [5, 5.41) is 6.37. The summed E-state index contributed by atoms with van der Waals surface area (Å²) in [5.41, 5.74) is -0.0956. The smallest absolute Gasteiger partial charge is 0.226 e. The molecule has 6 aliphatic carbocycles. The lowest BCUT2D eigenvalue weighted by atomic mass is 9.49. The van der Waals surface area contributed by atoms with E-state index < -0.39 is 0 Å². The van der Waals surface area contributed by atoms with Gasteiger partial charge >= 0.3 is 0 Å². The van der Waals surface area contributed by atoms with Crippen molar-refractivity contribution in [2.45, 2.75) is 83.6 Å². The van der Waals surface area contributed by atoms with Gasteiger partial charge in [0.1, 0.15) is 0 Å². The topological polar surface area (TPSA) is 58.2 Å². The van der Waals surface area contributed by atoms with Gasteiger partial charge in [-0.25, -0.2) is 0 Å². The summed E-state index contributed by atoms with van der Waals surface area (Å²) in [7, 11) is 0. The molecule has 4 nitrogen and oxygen atoms in total. The minimum Gasteiger partial charge on any atom is -0.355 e. The van der Waals surface area contributed by atoms with Crippen LogP contribution in [0.1, 0.15) is 77.6 Å². The Morgan fingerprint density at radius 1 is 0.926 bits per heavy atom. The lowest BCUT2D eigenvalue weighted by Crippen LogP contribution is -2.54. The number of hydrogen-bond donors (Lipinski definition) is 2. The van der Waals surface area contributed by atoms with Gasteiger partial charge in [0.25, 0.3) is 0 Å². The second-order valence-corrected chi connectivity index (χ2v) is 10.9.